The largest absolute Gasteiger partial charge is 0.394 e. The number of carbonyl (C=O) groups is 1. The van der Waals surface area contributed by atoms with Crippen LogP contribution in [0.3, 0.4) is 0 Å². The second kappa shape index (κ2) is 23.5. The van der Waals surface area contributed by atoms with Crippen LogP contribution in [0.15, 0.2) is 11.6 Å². The highest BCUT2D eigenvalue weighted by atomic mass is 16.8. The van der Waals surface area contributed by atoms with E-state index in [1.807, 2.05) is 0 Å². The smallest absolute Gasteiger partial charge is 0.190 e. The normalized spacial score (nSPS) is 50.5. The Bertz CT molecular complexity index is 2070. The molecule has 4 aliphatic heterocycles. The van der Waals surface area contributed by atoms with Crippen LogP contribution in [0.4, 0.5) is 0 Å². The summed E-state index contributed by atoms with van der Waals surface area (Å²) in [6.07, 6.45) is -27.8. The van der Waals surface area contributed by atoms with Gasteiger partial charge in [-0.05, 0) is 93.3 Å². The molecule has 8 aliphatic rings. The number of ether oxygens (including phenoxy) is 8. The molecule has 7 fully saturated rings. The van der Waals surface area contributed by atoms with E-state index in [2.05, 4.69) is 47.6 Å². The Kier molecular flexibility index (Phi) is 18.8. The van der Waals surface area contributed by atoms with Gasteiger partial charge >= 0.3 is 0 Å². The third kappa shape index (κ3) is 10.9. The van der Waals surface area contributed by atoms with Gasteiger partial charge in [-0.15, -0.1) is 0 Å². The highest BCUT2D eigenvalue weighted by Gasteiger charge is 2.71. The molecule has 0 aromatic rings. The number of aliphatic hydroxyl groups excluding tert-OH is 14. The van der Waals surface area contributed by atoms with Crippen molar-refractivity contribution in [3.05, 3.63) is 11.6 Å². The number of ketones is 1. The molecule has 0 aromatic carbocycles. The lowest BCUT2D eigenvalue weighted by Crippen LogP contribution is -2.65. The minimum absolute atomic E-state index is 0.00453. The van der Waals surface area contributed by atoms with Crippen molar-refractivity contribution in [2.24, 2.45) is 45.3 Å². The Morgan fingerprint density at radius 2 is 1.14 bits per heavy atom. The number of allylic oxidation sites excluding steroid dienone is 1. The van der Waals surface area contributed by atoms with E-state index in [1.165, 1.54) is 13.8 Å². The lowest BCUT2D eigenvalue weighted by molar-refractivity contribution is -0.400. The number of Topliss-reactive ketones (excluding diaryl/α,β-unsaturated/α-hetero) is 1. The molecule has 78 heavy (non-hydrogen) atoms. The van der Waals surface area contributed by atoms with Crippen molar-refractivity contribution in [1.82, 2.24) is 0 Å². The Balaban J connectivity index is 0.988. The molecule has 3 unspecified atom stereocenters. The quantitative estimate of drug-likeness (QED) is 0.0645. The third-order valence-electron chi connectivity index (χ3n) is 20.5. The van der Waals surface area contributed by atoms with Crippen LogP contribution in [0, 0.1) is 45.3 Å². The first-order valence-corrected chi connectivity index (χ1v) is 27.9. The van der Waals surface area contributed by atoms with Gasteiger partial charge in [0.1, 0.15) is 103 Å². The van der Waals surface area contributed by atoms with E-state index >= 15 is 4.79 Å². The van der Waals surface area contributed by atoms with Crippen LogP contribution in [0.5, 0.6) is 0 Å². The first-order chi connectivity index (χ1) is 36.4. The molecule has 15 N–H and O–H groups in total. The lowest BCUT2D eigenvalue weighted by atomic mass is 9.38. The minimum atomic E-state index is -1.99. The molecule has 4 heterocycles. The van der Waals surface area contributed by atoms with Crippen molar-refractivity contribution in [1.29, 1.82) is 0 Å². The van der Waals surface area contributed by atoms with Gasteiger partial charge in [-0.25, -0.2) is 0 Å². The highest BCUT2D eigenvalue weighted by molar-refractivity contribution is 5.88. The second-order valence-corrected chi connectivity index (χ2v) is 25.7. The Labute approximate surface area is 454 Å². The van der Waals surface area contributed by atoms with Gasteiger partial charge in [0.05, 0.1) is 44.2 Å². The SMILES string of the molecule is C[C@@H](CC[C@H](O[C@@H]1O[C@H](OC[C@H]2O[C@@H](CO)[C@H](O)[C@@H](O)[C@@H]2O)[C@@H](O)[C@H](O)[C@H]1O[C@@H]1O[C@H](CO)[C@@H](O)[C@H](O)[C@H]1O)C(C)(C)O)C1CC[C@]2(C)C3CC=C4C(CC[C@@H](O[C@@H]5O[C@H](CO)[C@@H](O)[C@H](O)[C@H]5O)C4(C)C)[C@@]3(C)C(=O)C[C@@]12C. The summed E-state index contributed by atoms with van der Waals surface area (Å²) in [7, 11) is 0. The maximum absolute atomic E-state index is 15.2. The molecular weight excluding hydrogens is 1030 g/mol. The average Bonchev–Trinajstić information content (AvgIpc) is 3.21. The van der Waals surface area contributed by atoms with Gasteiger partial charge in [0.2, 0.25) is 0 Å². The molecule has 4 saturated heterocycles. The first kappa shape index (κ1) is 62.5. The zero-order valence-electron chi connectivity index (χ0n) is 46.0. The van der Waals surface area contributed by atoms with Gasteiger partial charge in [-0.3, -0.25) is 4.79 Å². The van der Waals surface area contributed by atoms with E-state index in [0.717, 1.165) is 18.4 Å². The zero-order valence-corrected chi connectivity index (χ0v) is 46.0. The van der Waals surface area contributed by atoms with Crippen LogP contribution < -0.4 is 0 Å². The summed E-state index contributed by atoms with van der Waals surface area (Å²) in [4.78, 5) is 15.2. The van der Waals surface area contributed by atoms with Crippen LogP contribution in [-0.4, -0.2) is 249 Å². The fourth-order valence-corrected chi connectivity index (χ4v) is 15.3. The summed E-state index contributed by atoms with van der Waals surface area (Å²) in [5.41, 5.74) is -2.56. The molecule has 450 valence electrons. The van der Waals surface area contributed by atoms with E-state index in [1.54, 1.807) is 0 Å². The van der Waals surface area contributed by atoms with E-state index in [-0.39, 0.29) is 41.3 Å². The van der Waals surface area contributed by atoms with Crippen LogP contribution in [0.1, 0.15) is 107 Å². The number of hydrogen-bond donors (Lipinski definition) is 15. The predicted octanol–water partition coefficient (Wildman–Crippen LogP) is -3.02. The van der Waals surface area contributed by atoms with Crippen molar-refractivity contribution in [2.75, 3.05) is 26.4 Å². The van der Waals surface area contributed by atoms with Gasteiger partial charge in [0.25, 0.3) is 0 Å². The summed E-state index contributed by atoms with van der Waals surface area (Å²) in [5.74, 6) is 0.0988. The Hall–Kier alpha value is -1.51. The predicted molar refractivity (Wildman–Crippen MR) is 267 cm³/mol. The molecule has 29 atom stereocenters. The maximum Gasteiger partial charge on any atom is 0.190 e. The highest BCUT2D eigenvalue weighted by Crippen LogP contribution is 2.74. The Morgan fingerprint density at radius 3 is 1.71 bits per heavy atom. The van der Waals surface area contributed by atoms with E-state index in [9.17, 15) is 76.6 Å². The molecule has 0 spiro atoms. The van der Waals surface area contributed by atoms with Crippen molar-refractivity contribution < 1.29 is 119 Å². The number of rotatable bonds is 17. The summed E-state index contributed by atoms with van der Waals surface area (Å²) >= 11 is 0. The fourth-order valence-electron chi connectivity index (χ4n) is 15.3. The van der Waals surface area contributed by atoms with Crippen molar-refractivity contribution in [3.63, 3.8) is 0 Å². The average molecular weight is 1120 g/mol. The zero-order chi connectivity index (χ0) is 57.5. The monoisotopic (exact) mass is 1120 g/mol. The summed E-state index contributed by atoms with van der Waals surface area (Å²) < 4.78 is 47.7. The number of fused-ring (bicyclic) bond motifs is 5. The lowest BCUT2D eigenvalue weighted by Gasteiger charge is -2.65. The van der Waals surface area contributed by atoms with Crippen LogP contribution in [0.2, 0.25) is 0 Å². The van der Waals surface area contributed by atoms with E-state index in [0.29, 0.717) is 32.1 Å². The molecule has 0 aromatic heterocycles. The van der Waals surface area contributed by atoms with Crippen molar-refractivity contribution in [3.8, 4) is 0 Å². The molecule has 24 nitrogen and oxygen atoms in total. The standard InChI is InChI=1S/C54H90O24/c1-22(23-15-16-52(6)30-12-10-24-25(54(30,8)31(58)17-53(23,52)7)11-14-32(50(24,2)3)75-47-42(67)39(64)35(60)27(19-56)73-47)9-13-33(51(4,5)70)76-49-45(77-48-43(68)40(65)36(61)28(20-57)74-48)41(66)44(69)46(78-49)71-21-29-37(62)38(63)34(59)26(18-55)72-29/h10,22-23,25-30,32-49,55-57,59-70H,9,11-21H2,1-8H3/t22-,23?,25?,26-,27+,28+,29+,30?,32+,33-,34-,35+,36+,37+,38+,39-,40-,41-,42+,43+,44-,45+,46-,47-,48-,49+,52+,53-,54+/m0/s1. The maximum atomic E-state index is 15.2. The summed E-state index contributed by atoms with van der Waals surface area (Å²) in [6.45, 7) is 13.2. The third-order valence-corrected chi connectivity index (χ3v) is 20.5. The van der Waals surface area contributed by atoms with Gasteiger partial charge in [0, 0.05) is 17.3 Å². The van der Waals surface area contributed by atoms with Gasteiger partial charge in [0.15, 0.2) is 25.2 Å². The minimum Gasteiger partial charge on any atom is -0.394 e. The van der Waals surface area contributed by atoms with Crippen molar-refractivity contribution >= 4 is 5.78 Å². The van der Waals surface area contributed by atoms with Gasteiger partial charge in [-0.2, -0.15) is 0 Å². The number of carbonyl (C=O) groups excluding carboxylic acids is 1. The molecule has 8 rings (SSSR count). The van der Waals surface area contributed by atoms with Crippen LogP contribution in [-0.2, 0) is 42.7 Å². The van der Waals surface area contributed by atoms with E-state index < -0.39 is 183 Å². The molecular formula is C54H90O24. The van der Waals surface area contributed by atoms with Crippen molar-refractivity contribution in [2.45, 2.75) is 247 Å². The fraction of sp³-hybridized carbons (Fsp3) is 0.944. The molecule has 3 saturated carbocycles. The number of hydrogen-bond acceptors (Lipinski definition) is 24. The number of aliphatic hydroxyl groups is 15. The molecule has 4 aliphatic carbocycles. The Morgan fingerprint density at radius 1 is 0.615 bits per heavy atom. The molecule has 0 radical (unpaired) electrons. The summed E-state index contributed by atoms with van der Waals surface area (Å²) in [6, 6.07) is 0. The second-order valence-electron chi connectivity index (χ2n) is 25.7. The molecule has 24 heteroatoms. The van der Waals surface area contributed by atoms with Gasteiger partial charge < -0.3 is 114 Å². The van der Waals surface area contributed by atoms with Gasteiger partial charge in [-0.1, -0.05) is 53.2 Å². The van der Waals surface area contributed by atoms with E-state index in [4.69, 9.17) is 37.9 Å². The van der Waals surface area contributed by atoms with Crippen LogP contribution >= 0.6 is 0 Å². The molecule has 0 amide bonds. The van der Waals surface area contributed by atoms with Crippen LogP contribution in [0.25, 0.3) is 0 Å². The first-order valence-electron chi connectivity index (χ1n) is 27.9. The molecule has 0 bridgehead atoms. The topological polar surface area (TPSA) is 394 Å². The summed E-state index contributed by atoms with van der Waals surface area (Å²) in [5, 5.41) is 159.